The maximum atomic E-state index is 11.7. The van der Waals surface area contributed by atoms with Gasteiger partial charge in [0, 0.05) is 6.20 Å². The highest BCUT2D eigenvalue weighted by molar-refractivity contribution is 6.29. The summed E-state index contributed by atoms with van der Waals surface area (Å²) in [6.45, 7) is 1.98. The number of aromatic nitrogens is 1. The molecule has 0 aliphatic rings. The molecule has 1 aromatic heterocycles. The van der Waals surface area contributed by atoms with E-state index in [0.29, 0.717) is 5.75 Å². The Kier molecular flexibility index (Phi) is 5.32. The Labute approximate surface area is 132 Å². The Hall–Kier alpha value is -2.60. The number of ether oxygens (including phenoxy) is 1. The lowest BCUT2D eigenvalue weighted by atomic mass is 10.2. The summed E-state index contributed by atoms with van der Waals surface area (Å²) in [6, 6.07) is 10.3. The standard InChI is InChI=1S/C15H14ClN3O3/c1-10-2-4-12(5-3-10)21-9-14(17)19-22-15(20)11-6-7-18-13(16)8-11/h2-8H,9H2,1H3,(H2,17,19). The van der Waals surface area contributed by atoms with Crippen LogP contribution in [0.5, 0.6) is 5.75 Å². The van der Waals surface area contributed by atoms with Gasteiger partial charge in [-0.2, -0.15) is 0 Å². The molecule has 7 heteroatoms. The van der Waals surface area contributed by atoms with Crippen LogP contribution in [-0.4, -0.2) is 23.4 Å². The number of aryl methyl sites for hydroxylation is 1. The van der Waals surface area contributed by atoms with Crippen molar-refractivity contribution in [3.63, 3.8) is 0 Å². The van der Waals surface area contributed by atoms with E-state index >= 15 is 0 Å². The maximum absolute atomic E-state index is 11.7. The average molecular weight is 320 g/mol. The molecular formula is C15H14ClN3O3. The second-order valence-corrected chi connectivity index (χ2v) is 4.82. The number of nitrogens with two attached hydrogens (primary N) is 1. The van der Waals surface area contributed by atoms with Crippen LogP contribution in [0.4, 0.5) is 0 Å². The molecular weight excluding hydrogens is 306 g/mol. The van der Waals surface area contributed by atoms with Gasteiger partial charge in [0.15, 0.2) is 5.84 Å². The Morgan fingerprint density at radius 1 is 1.32 bits per heavy atom. The highest BCUT2D eigenvalue weighted by Gasteiger charge is 2.08. The maximum Gasteiger partial charge on any atom is 0.365 e. The summed E-state index contributed by atoms with van der Waals surface area (Å²) in [4.78, 5) is 20.2. The summed E-state index contributed by atoms with van der Waals surface area (Å²) in [7, 11) is 0. The van der Waals surface area contributed by atoms with Crippen LogP contribution in [0.25, 0.3) is 0 Å². The van der Waals surface area contributed by atoms with Gasteiger partial charge in [0.1, 0.15) is 17.5 Å². The van der Waals surface area contributed by atoms with Crippen molar-refractivity contribution >= 4 is 23.4 Å². The fourth-order valence-electron chi connectivity index (χ4n) is 1.50. The first-order chi connectivity index (χ1) is 10.5. The number of benzene rings is 1. The summed E-state index contributed by atoms with van der Waals surface area (Å²) in [6.07, 6.45) is 1.40. The molecule has 0 amide bonds. The van der Waals surface area contributed by atoms with Gasteiger partial charge in [-0.3, -0.25) is 0 Å². The van der Waals surface area contributed by atoms with Crippen molar-refractivity contribution in [2.45, 2.75) is 6.92 Å². The summed E-state index contributed by atoms with van der Waals surface area (Å²) >= 11 is 5.68. The van der Waals surface area contributed by atoms with Gasteiger partial charge in [-0.05, 0) is 31.2 Å². The highest BCUT2D eigenvalue weighted by Crippen LogP contribution is 2.11. The van der Waals surface area contributed by atoms with Gasteiger partial charge in [0.25, 0.3) is 0 Å². The number of nitrogens with zero attached hydrogens (tertiary/aromatic N) is 2. The zero-order chi connectivity index (χ0) is 15.9. The van der Waals surface area contributed by atoms with Gasteiger partial charge < -0.3 is 15.3 Å². The molecule has 0 saturated heterocycles. The molecule has 0 atom stereocenters. The molecule has 1 aromatic carbocycles. The van der Waals surface area contributed by atoms with Crippen LogP contribution in [0.2, 0.25) is 5.15 Å². The molecule has 6 nitrogen and oxygen atoms in total. The van der Waals surface area contributed by atoms with E-state index in [4.69, 9.17) is 26.9 Å². The minimum Gasteiger partial charge on any atom is -0.486 e. The third-order valence-corrected chi connectivity index (χ3v) is 2.82. The number of amidine groups is 1. The number of hydrogen-bond acceptors (Lipinski definition) is 5. The number of halogens is 1. The zero-order valence-electron chi connectivity index (χ0n) is 11.8. The van der Waals surface area contributed by atoms with E-state index in [9.17, 15) is 4.79 Å². The lowest BCUT2D eigenvalue weighted by Gasteiger charge is -2.05. The van der Waals surface area contributed by atoms with E-state index in [1.165, 1.54) is 18.3 Å². The smallest absolute Gasteiger partial charge is 0.365 e. The largest absolute Gasteiger partial charge is 0.486 e. The molecule has 0 unspecified atom stereocenters. The van der Waals surface area contributed by atoms with E-state index in [-0.39, 0.29) is 23.2 Å². The second kappa shape index (κ2) is 7.42. The van der Waals surface area contributed by atoms with Gasteiger partial charge in [-0.15, -0.1) is 0 Å². The first-order valence-electron chi connectivity index (χ1n) is 6.39. The van der Waals surface area contributed by atoms with Crippen LogP contribution in [0.3, 0.4) is 0 Å². The summed E-state index contributed by atoms with van der Waals surface area (Å²) in [5.41, 5.74) is 6.97. The van der Waals surface area contributed by atoms with E-state index in [2.05, 4.69) is 10.1 Å². The molecule has 22 heavy (non-hydrogen) atoms. The molecule has 2 aromatic rings. The average Bonchev–Trinajstić information content (AvgIpc) is 2.52. The van der Waals surface area contributed by atoms with Crippen molar-refractivity contribution in [3.05, 3.63) is 58.9 Å². The van der Waals surface area contributed by atoms with Crippen molar-refractivity contribution in [1.82, 2.24) is 4.98 Å². The van der Waals surface area contributed by atoms with Gasteiger partial charge in [-0.25, -0.2) is 9.78 Å². The van der Waals surface area contributed by atoms with E-state index in [1.54, 1.807) is 0 Å². The predicted octanol–water partition coefficient (Wildman–Crippen LogP) is 2.55. The lowest BCUT2D eigenvalue weighted by Crippen LogP contribution is -2.22. The number of oxime groups is 1. The summed E-state index contributed by atoms with van der Waals surface area (Å²) in [5, 5.41) is 3.71. The van der Waals surface area contributed by atoms with Gasteiger partial charge in [-0.1, -0.05) is 34.5 Å². The van der Waals surface area contributed by atoms with Crippen molar-refractivity contribution in [3.8, 4) is 5.75 Å². The predicted molar refractivity (Wildman–Crippen MR) is 83.0 cm³/mol. The number of rotatable bonds is 5. The molecule has 0 bridgehead atoms. The van der Waals surface area contributed by atoms with Crippen molar-refractivity contribution in [2.75, 3.05) is 6.61 Å². The Bertz CT molecular complexity index is 687. The number of hydrogen-bond donors (Lipinski definition) is 1. The Morgan fingerprint density at radius 2 is 2.05 bits per heavy atom. The van der Waals surface area contributed by atoms with Gasteiger partial charge in [0.05, 0.1) is 5.56 Å². The lowest BCUT2D eigenvalue weighted by molar-refractivity contribution is 0.0513. The molecule has 0 aliphatic heterocycles. The van der Waals surface area contributed by atoms with E-state index < -0.39 is 5.97 Å². The molecule has 0 fully saturated rings. The normalized spacial score (nSPS) is 11.1. The first-order valence-corrected chi connectivity index (χ1v) is 6.77. The molecule has 1 heterocycles. The fourth-order valence-corrected chi connectivity index (χ4v) is 1.67. The Balaban J connectivity index is 1.87. The number of carbonyl (C=O) groups is 1. The second-order valence-electron chi connectivity index (χ2n) is 4.43. The Morgan fingerprint density at radius 3 is 2.73 bits per heavy atom. The van der Waals surface area contributed by atoms with Crippen LogP contribution in [0.1, 0.15) is 15.9 Å². The molecule has 0 aliphatic carbocycles. The SMILES string of the molecule is Cc1ccc(OC/C(N)=N\OC(=O)c2ccnc(Cl)c2)cc1. The molecule has 0 saturated carbocycles. The van der Waals surface area contributed by atoms with Crippen molar-refractivity contribution in [2.24, 2.45) is 10.9 Å². The topological polar surface area (TPSA) is 86.8 Å². The molecule has 2 rings (SSSR count). The van der Waals surface area contributed by atoms with Crippen molar-refractivity contribution < 1.29 is 14.4 Å². The minimum absolute atomic E-state index is 0.00738. The quantitative estimate of drug-likeness (QED) is 0.301. The number of carbonyl (C=O) groups excluding carboxylic acids is 1. The summed E-state index contributed by atoms with van der Waals surface area (Å²) in [5.74, 6) is 0.00709. The van der Waals surface area contributed by atoms with Crippen LogP contribution < -0.4 is 10.5 Å². The van der Waals surface area contributed by atoms with Gasteiger partial charge >= 0.3 is 5.97 Å². The highest BCUT2D eigenvalue weighted by atomic mass is 35.5. The first kappa shape index (κ1) is 15.8. The van der Waals surface area contributed by atoms with E-state index in [0.717, 1.165) is 5.56 Å². The van der Waals surface area contributed by atoms with Crippen LogP contribution in [-0.2, 0) is 4.84 Å². The summed E-state index contributed by atoms with van der Waals surface area (Å²) < 4.78 is 5.40. The third kappa shape index (κ3) is 4.75. The van der Waals surface area contributed by atoms with Crippen LogP contribution in [0.15, 0.2) is 47.8 Å². The van der Waals surface area contributed by atoms with Crippen LogP contribution in [0, 0.1) is 6.92 Å². The molecule has 114 valence electrons. The molecule has 2 N–H and O–H groups in total. The minimum atomic E-state index is -0.678. The van der Waals surface area contributed by atoms with Gasteiger partial charge in [0.2, 0.25) is 0 Å². The van der Waals surface area contributed by atoms with E-state index in [1.807, 2.05) is 31.2 Å². The third-order valence-electron chi connectivity index (χ3n) is 2.62. The zero-order valence-corrected chi connectivity index (χ0v) is 12.6. The monoisotopic (exact) mass is 319 g/mol. The molecule has 0 spiro atoms. The number of pyridine rings is 1. The molecule has 0 radical (unpaired) electrons. The van der Waals surface area contributed by atoms with Crippen molar-refractivity contribution in [1.29, 1.82) is 0 Å². The van der Waals surface area contributed by atoms with Crippen LogP contribution >= 0.6 is 11.6 Å². The fraction of sp³-hybridized carbons (Fsp3) is 0.133.